The second-order valence-electron chi connectivity index (χ2n) is 8.55. The van der Waals surface area contributed by atoms with Gasteiger partial charge in [-0.25, -0.2) is 0 Å². The second-order valence-corrected chi connectivity index (χ2v) is 8.55. The van der Waals surface area contributed by atoms with Crippen LogP contribution in [0.25, 0.3) is 0 Å². The fraction of sp³-hybridized carbons (Fsp3) is 0.667. The minimum absolute atomic E-state index is 0.130. The highest BCUT2D eigenvalue weighted by atomic mass is 19.3. The van der Waals surface area contributed by atoms with Crippen LogP contribution in [0.15, 0.2) is 36.0 Å². The van der Waals surface area contributed by atoms with Crippen molar-refractivity contribution in [3.8, 4) is 0 Å². The van der Waals surface area contributed by atoms with Crippen LogP contribution in [0.3, 0.4) is 0 Å². The fourth-order valence-electron chi connectivity index (χ4n) is 6.86. The summed E-state index contributed by atoms with van der Waals surface area (Å²) in [6.07, 6.45) is 16.3. The maximum Gasteiger partial charge on any atom is 0.155 e. The standard InChI is InChI=1S/C21H25FO3/c22-25-13-20-9-6-17-16-5-3-15(23)12-14(16)2-4-18(17)19(20)7-10-21(20)8-1-11-24-21/h1-2,4,8,12,16-19H,3,5-7,9-11,13H2/t16?,17?,18?,19?,20?,21-/m0/s1. The quantitative estimate of drug-likeness (QED) is 0.707. The minimum atomic E-state index is -0.346. The first-order chi connectivity index (χ1) is 12.2. The van der Waals surface area contributed by atoms with Gasteiger partial charge in [-0.1, -0.05) is 24.3 Å². The first kappa shape index (κ1) is 16.0. The molecule has 0 bridgehead atoms. The van der Waals surface area contributed by atoms with Crippen LogP contribution in [-0.2, 0) is 14.5 Å². The van der Waals surface area contributed by atoms with Gasteiger partial charge in [-0.3, -0.25) is 4.79 Å². The van der Waals surface area contributed by atoms with Crippen LogP contribution in [0.1, 0.15) is 38.5 Å². The molecule has 5 rings (SSSR count). The van der Waals surface area contributed by atoms with Crippen molar-refractivity contribution < 1.29 is 19.0 Å². The third kappa shape index (κ3) is 2.07. The first-order valence-electron chi connectivity index (χ1n) is 9.67. The Balaban J connectivity index is 1.53. The molecule has 1 spiro atoms. The highest BCUT2D eigenvalue weighted by Gasteiger charge is 2.65. The molecule has 0 aromatic heterocycles. The summed E-state index contributed by atoms with van der Waals surface area (Å²) in [5.74, 6) is 2.15. The molecule has 3 nitrogen and oxygen atoms in total. The van der Waals surface area contributed by atoms with Crippen LogP contribution in [0.2, 0.25) is 0 Å². The van der Waals surface area contributed by atoms with Crippen LogP contribution in [0, 0.1) is 29.1 Å². The van der Waals surface area contributed by atoms with Crippen LogP contribution in [0.5, 0.6) is 0 Å². The number of carbonyl (C=O) groups is 1. The van der Waals surface area contributed by atoms with Gasteiger partial charge in [0.05, 0.1) is 18.8 Å². The summed E-state index contributed by atoms with van der Waals surface area (Å²) in [6.45, 7) is 0.757. The van der Waals surface area contributed by atoms with Crippen molar-refractivity contribution in [2.24, 2.45) is 29.1 Å². The number of fused-ring (bicyclic) bond motifs is 6. The van der Waals surface area contributed by atoms with E-state index in [9.17, 15) is 9.32 Å². The second kappa shape index (κ2) is 5.62. The van der Waals surface area contributed by atoms with Crippen LogP contribution in [-0.4, -0.2) is 24.6 Å². The van der Waals surface area contributed by atoms with Crippen molar-refractivity contribution in [3.63, 3.8) is 0 Å². The van der Waals surface area contributed by atoms with Gasteiger partial charge in [-0.15, -0.1) is 0 Å². The van der Waals surface area contributed by atoms with E-state index in [1.165, 1.54) is 5.57 Å². The molecule has 0 N–H and O–H groups in total. The molecule has 4 aliphatic carbocycles. The normalized spacial score (nSPS) is 47.6. The predicted octanol–water partition coefficient (Wildman–Crippen LogP) is 4.11. The molecule has 1 heterocycles. The number of carbonyl (C=O) groups excluding carboxylic acids is 1. The molecular formula is C21H25FO3. The van der Waals surface area contributed by atoms with Gasteiger partial charge >= 0.3 is 0 Å². The van der Waals surface area contributed by atoms with E-state index in [0.717, 1.165) is 32.1 Å². The SMILES string of the molecule is O=C1C=C2C=CC3C(CCC4(COF)C3CC[C@@]43C=CCO3)C2CC1. The van der Waals surface area contributed by atoms with E-state index in [0.29, 0.717) is 36.7 Å². The molecule has 0 amide bonds. The monoisotopic (exact) mass is 344 g/mol. The van der Waals surface area contributed by atoms with Gasteiger partial charge in [-0.2, -0.15) is 4.94 Å². The van der Waals surface area contributed by atoms with Gasteiger partial charge in [0.15, 0.2) is 5.78 Å². The Morgan fingerprint density at radius 1 is 1.28 bits per heavy atom. The zero-order valence-electron chi connectivity index (χ0n) is 14.5. The maximum atomic E-state index is 13.1. The number of ether oxygens (including phenoxy) is 1. The van der Waals surface area contributed by atoms with E-state index in [4.69, 9.17) is 4.74 Å². The van der Waals surface area contributed by atoms with Crippen LogP contribution in [0.4, 0.5) is 4.53 Å². The van der Waals surface area contributed by atoms with Gasteiger partial charge in [0.2, 0.25) is 0 Å². The minimum Gasteiger partial charge on any atom is -0.366 e. The Bertz CT molecular complexity index is 681. The number of hydrogen-bond acceptors (Lipinski definition) is 3. The summed E-state index contributed by atoms with van der Waals surface area (Å²) < 4.78 is 19.3. The average molecular weight is 344 g/mol. The van der Waals surface area contributed by atoms with Crippen molar-refractivity contribution in [1.82, 2.24) is 0 Å². The Labute approximate surface area is 147 Å². The molecule has 5 aliphatic rings. The third-order valence-corrected chi connectivity index (χ3v) is 7.88. The van der Waals surface area contributed by atoms with Crippen LogP contribution >= 0.6 is 0 Å². The van der Waals surface area contributed by atoms with E-state index < -0.39 is 0 Å². The predicted molar refractivity (Wildman–Crippen MR) is 91.2 cm³/mol. The van der Waals surface area contributed by atoms with Crippen molar-refractivity contribution >= 4 is 5.78 Å². The lowest BCUT2D eigenvalue weighted by atomic mass is 9.52. The highest BCUT2D eigenvalue weighted by molar-refractivity contribution is 5.91. The molecule has 0 saturated heterocycles. The molecule has 5 unspecified atom stereocenters. The Hall–Kier alpha value is -1.26. The zero-order valence-corrected chi connectivity index (χ0v) is 14.5. The summed E-state index contributed by atoms with van der Waals surface area (Å²) in [5.41, 5.74) is 0.615. The molecule has 1 aliphatic heterocycles. The average Bonchev–Trinajstić information content (AvgIpc) is 3.22. The van der Waals surface area contributed by atoms with Crippen molar-refractivity contribution in [2.75, 3.05) is 13.2 Å². The molecule has 0 radical (unpaired) electrons. The highest BCUT2D eigenvalue weighted by Crippen LogP contribution is 2.66. The summed E-state index contributed by atoms with van der Waals surface area (Å²) in [5, 5.41) is 0. The largest absolute Gasteiger partial charge is 0.366 e. The maximum absolute atomic E-state index is 13.1. The van der Waals surface area contributed by atoms with Crippen molar-refractivity contribution in [2.45, 2.75) is 44.1 Å². The summed E-state index contributed by atoms with van der Waals surface area (Å²) >= 11 is 0. The third-order valence-electron chi connectivity index (χ3n) is 7.88. The molecule has 134 valence electrons. The molecule has 6 atom stereocenters. The fourth-order valence-corrected chi connectivity index (χ4v) is 6.86. The molecular weight excluding hydrogens is 319 g/mol. The molecule has 4 heteroatoms. The lowest BCUT2D eigenvalue weighted by Crippen LogP contribution is -2.55. The van der Waals surface area contributed by atoms with E-state index in [1.807, 2.05) is 6.08 Å². The number of hydrogen-bond donors (Lipinski definition) is 0. The number of allylic oxidation sites excluding steroid dienone is 4. The van der Waals surface area contributed by atoms with Crippen molar-refractivity contribution in [1.29, 1.82) is 0 Å². The van der Waals surface area contributed by atoms with Gasteiger partial charge in [0.25, 0.3) is 0 Å². The number of rotatable bonds is 2. The Morgan fingerprint density at radius 3 is 3.00 bits per heavy atom. The molecule has 0 aromatic rings. The Kier molecular flexibility index (Phi) is 3.58. The lowest BCUT2D eigenvalue weighted by Gasteiger charge is -2.54. The number of ketones is 1. The molecule has 2 fully saturated rings. The van der Waals surface area contributed by atoms with Crippen LogP contribution < -0.4 is 0 Å². The van der Waals surface area contributed by atoms with Gasteiger partial charge in [-0.05, 0) is 72.0 Å². The molecule has 0 aromatic carbocycles. The number of halogens is 1. The summed E-state index contributed by atoms with van der Waals surface area (Å²) in [6, 6.07) is 0. The smallest absolute Gasteiger partial charge is 0.155 e. The Morgan fingerprint density at radius 2 is 2.20 bits per heavy atom. The zero-order chi connectivity index (χ0) is 17.1. The molecule has 2 saturated carbocycles. The van der Waals surface area contributed by atoms with Gasteiger partial charge < -0.3 is 4.74 Å². The van der Waals surface area contributed by atoms with Gasteiger partial charge in [0.1, 0.15) is 0 Å². The van der Waals surface area contributed by atoms with E-state index in [-0.39, 0.29) is 23.4 Å². The first-order valence-corrected chi connectivity index (χ1v) is 9.67. The van der Waals surface area contributed by atoms with E-state index in [2.05, 4.69) is 29.2 Å². The lowest BCUT2D eigenvalue weighted by molar-refractivity contribution is -0.218. The summed E-state index contributed by atoms with van der Waals surface area (Å²) in [7, 11) is 0. The van der Waals surface area contributed by atoms with E-state index in [1.54, 1.807) is 0 Å². The molecule has 25 heavy (non-hydrogen) atoms. The van der Waals surface area contributed by atoms with Crippen molar-refractivity contribution in [3.05, 3.63) is 36.0 Å². The summed E-state index contributed by atoms with van der Waals surface area (Å²) in [4.78, 5) is 16.1. The van der Waals surface area contributed by atoms with E-state index >= 15 is 0 Å². The topological polar surface area (TPSA) is 35.5 Å². The van der Waals surface area contributed by atoms with Gasteiger partial charge in [0, 0.05) is 11.8 Å².